The Balaban J connectivity index is 0.000000288. The van der Waals surface area contributed by atoms with Gasteiger partial charge in [-0.05, 0) is 56.2 Å². The molecule has 37 heavy (non-hydrogen) atoms. The first-order valence-corrected chi connectivity index (χ1v) is 12.9. The van der Waals surface area contributed by atoms with Gasteiger partial charge in [-0.3, -0.25) is 20.0 Å². The maximum Gasteiger partial charge on any atom is 0.224 e. The molecule has 2 unspecified atom stereocenters. The fraction of sp³-hybridized carbons (Fsp3) is 0.290. The number of carbonyl (C=O) groups excluding carboxylic acids is 2. The average Bonchev–Trinajstić information content (AvgIpc) is 3.60. The third-order valence-electron chi connectivity index (χ3n) is 6.59. The number of likely N-dealkylation sites (N-methyl/N-ethyl adjacent to an activating group) is 1. The fourth-order valence-corrected chi connectivity index (χ4v) is 4.56. The first-order chi connectivity index (χ1) is 17.9. The second kappa shape index (κ2) is 12.3. The summed E-state index contributed by atoms with van der Waals surface area (Å²) in [6.45, 7) is 3.55. The lowest BCUT2D eigenvalue weighted by Crippen LogP contribution is -2.35. The number of para-hydroxylation sites is 1. The van der Waals surface area contributed by atoms with Gasteiger partial charge in [-0.25, -0.2) is 0 Å². The highest BCUT2D eigenvalue weighted by Gasteiger charge is 2.34. The summed E-state index contributed by atoms with van der Waals surface area (Å²) >= 11 is 0. The van der Waals surface area contributed by atoms with E-state index in [1.807, 2.05) is 54.5 Å². The standard InChI is InChI=1S/C20H24N2O.C11H12N2O.2H2/c1-15(12-16(2)23)22(20-10-5-3-4-6-11-20)21-19-9-7-8-17-13-18(17)14-19;1-12-11(14)6-8-7-13-10-5-3-2-4-9(8)10;;/h3-5,7-8,10-12,14,17-18,21H,6,9,13H2,1-2H3;2-5,7,13H,6H2,1H3,(H,12,14);2*1H/b15-12-;;;. The summed E-state index contributed by atoms with van der Waals surface area (Å²) in [6.07, 6.45) is 24.4. The third kappa shape index (κ3) is 7.23. The van der Waals surface area contributed by atoms with Crippen LogP contribution in [0.15, 0.2) is 102 Å². The molecule has 0 spiro atoms. The second-order valence-electron chi connectivity index (χ2n) is 9.59. The number of benzene rings is 1. The van der Waals surface area contributed by atoms with Crippen LogP contribution in [0.2, 0.25) is 0 Å². The van der Waals surface area contributed by atoms with Gasteiger partial charge < -0.3 is 10.3 Å². The first kappa shape index (κ1) is 26.0. The summed E-state index contributed by atoms with van der Waals surface area (Å²) in [5.41, 5.74) is 8.81. The van der Waals surface area contributed by atoms with E-state index >= 15 is 0 Å². The Kier molecular flexibility index (Phi) is 8.62. The van der Waals surface area contributed by atoms with Gasteiger partial charge >= 0.3 is 0 Å². The molecule has 0 aliphatic heterocycles. The van der Waals surface area contributed by atoms with E-state index in [0.29, 0.717) is 12.3 Å². The molecule has 196 valence electrons. The third-order valence-corrected chi connectivity index (χ3v) is 6.59. The summed E-state index contributed by atoms with van der Waals surface area (Å²) in [5.74, 6) is 1.51. The van der Waals surface area contributed by atoms with E-state index in [4.69, 9.17) is 0 Å². The van der Waals surface area contributed by atoms with E-state index in [-0.39, 0.29) is 14.5 Å². The summed E-state index contributed by atoms with van der Waals surface area (Å²) in [6, 6.07) is 7.97. The zero-order valence-corrected chi connectivity index (χ0v) is 21.8. The van der Waals surface area contributed by atoms with E-state index in [9.17, 15) is 9.59 Å². The number of hydrogen-bond acceptors (Lipinski definition) is 4. The highest BCUT2D eigenvalue weighted by atomic mass is 16.1. The molecule has 6 nitrogen and oxygen atoms in total. The molecule has 3 aliphatic carbocycles. The van der Waals surface area contributed by atoms with Gasteiger partial charge in [-0.2, -0.15) is 0 Å². The van der Waals surface area contributed by atoms with Crippen molar-refractivity contribution in [1.82, 2.24) is 20.7 Å². The number of fused-ring (bicyclic) bond motifs is 2. The van der Waals surface area contributed by atoms with Crippen LogP contribution in [0.5, 0.6) is 0 Å². The maximum atomic E-state index is 11.5. The number of H-pyrrole nitrogens is 1. The highest BCUT2D eigenvalue weighted by molar-refractivity contribution is 5.89. The van der Waals surface area contributed by atoms with Crippen molar-refractivity contribution < 1.29 is 12.4 Å². The molecule has 0 saturated heterocycles. The summed E-state index contributed by atoms with van der Waals surface area (Å²) in [5, 5.41) is 5.76. The van der Waals surface area contributed by atoms with Crippen molar-refractivity contribution in [2.75, 3.05) is 7.05 Å². The number of hydrazine groups is 1. The predicted octanol–water partition coefficient (Wildman–Crippen LogP) is 6.11. The van der Waals surface area contributed by atoms with Crippen LogP contribution in [0, 0.1) is 11.8 Å². The number of nitrogens with one attached hydrogen (secondary N) is 3. The summed E-state index contributed by atoms with van der Waals surface area (Å²) < 4.78 is 0. The number of ketones is 1. The molecule has 3 aliphatic rings. The molecule has 3 N–H and O–H groups in total. The highest BCUT2D eigenvalue weighted by Crippen LogP contribution is 2.43. The minimum Gasteiger partial charge on any atom is -0.361 e. The Morgan fingerprint density at radius 2 is 2.00 bits per heavy atom. The Morgan fingerprint density at radius 3 is 2.81 bits per heavy atom. The largest absolute Gasteiger partial charge is 0.361 e. The van der Waals surface area contributed by atoms with Gasteiger partial charge in [-0.15, -0.1) is 0 Å². The normalized spacial score (nSPS) is 19.9. The molecule has 1 heterocycles. The molecule has 2 aromatic rings. The number of carbonyl (C=O) groups is 2. The molecule has 1 aromatic heterocycles. The molecule has 0 radical (unpaired) electrons. The van der Waals surface area contributed by atoms with Crippen LogP contribution in [-0.2, 0) is 16.0 Å². The van der Waals surface area contributed by atoms with Crippen LogP contribution in [0.3, 0.4) is 0 Å². The Labute approximate surface area is 222 Å². The summed E-state index contributed by atoms with van der Waals surface area (Å²) in [4.78, 5) is 25.8. The maximum absolute atomic E-state index is 11.5. The molecule has 6 heteroatoms. The van der Waals surface area contributed by atoms with Gasteiger partial charge in [0, 0.05) is 50.9 Å². The molecule has 2 atom stereocenters. The zero-order chi connectivity index (χ0) is 26.2. The lowest BCUT2D eigenvalue weighted by atomic mass is 10.1. The molecule has 1 aromatic carbocycles. The van der Waals surface area contributed by atoms with Crippen LogP contribution < -0.4 is 10.7 Å². The van der Waals surface area contributed by atoms with E-state index in [0.717, 1.165) is 46.6 Å². The monoisotopic (exact) mass is 500 g/mol. The summed E-state index contributed by atoms with van der Waals surface area (Å²) in [7, 11) is 1.65. The van der Waals surface area contributed by atoms with E-state index in [2.05, 4.69) is 52.2 Å². The first-order valence-electron chi connectivity index (χ1n) is 12.9. The predicted molar refractivity (Wildman–Crippen MR) is 154 cm³/mol. The Hall–Kier alpha value is -4.06. The number of aromatic nitrogens is 1. The zero-order valence-electron chi connectivity index (χ0n) is 21.8. The van der Waals surface area contributed by atoms with Crippen molar-refractivity contribution in [1.29, 1.82) is 0 Å². The molecule has 0 bridgehead atoms. The number of aromatic amines is 1. The minimum absolute atomic E-state index is 0. The van der Waals surface area contributed by atoms with Crippen LogP contribution in [0.4, 0.5) is 0 Å². The van der Waals surface area contributed by atoms with E-state index in [1.165, 1.54) is 12.1 Å². The van der Waals surface area contributed by atoms with Gasteiger partial charge in [0.05, 0.1) is 12.1 Å². The molecule has 1 saturated carbocycles. The molecule has 5 rings (SSSR count). The topological polar surface area (TPSA) is 77.2 Å². The van der Waals surface area contributed by atoms with Gasteiger partial charge in [0.2, 0.25) is 5.91 Å². The SMILES string of the molecule is CC(=O)/C=C(/C)N(NC1=CC2CC2C=CC1)C1=CCC=CC=C1.CNC(=O)Cc1c[nH]c2ccccc12.[HH].[HH]. The second-order valence-corrected chi connectivity index (χ2v) is 9.59. The number of hydrogen-bond donors (Lipinski definition) is 3. The van der Waals surface area contributed by atoms with Gasteiger partial charge in [0.15, 0.2) is 5.78 Å². The van der Waals surface area contributed by atoms with Gasteiger partial charge in [0.1, 0.15) is 0 Å². The Morgan fingerprint density at radius 1 is 1.16 bits per heavy atom. The molecule has 1 fully saturated rings. The van der Waals surface area contributed by atoms with Crippen molar-refractivity contribution in [3.8, 4) is 0 Å². The van der Waals surface area contributed by atoms with E-state index < -0.39 is 0 Å². The van der Waals surface area contributed by atoms with Crippen LogP contribution >= 0.6 is 0 Å². The molecule has 1 amide bonds. The minimum atomic E-state index is 0. The van der Waals surface area contributed by atoms with Crippen molar-refractivity contribution in [3.63, 3.8) is 0 Å². The molecular weight excluding hydrogens is 460 g/mol. The Bertz CT molecular complexity index is 1330. The number of rotatable bonds is 7. The fourth-order valence-electron chi connectivity index (χ4n) is 4.56. The lowest BCUT2D eigenvalue weighted by Gasteiger charge is -2.29. The number of allylic oxidation sites excluding steroid dienone is 10. The van der Waals surface area contributed by atoms with Crippen molar-refractivity contribution in [2.45, 2.75) is 39.5 Å². The van der Waals surface area contributed by atoms with Crippen molar-refractivity contribution >= 4 is 22.6 Å². The van der Waals surface area contributed by atoms with Crippen LogP contribution in [0.25, 0.3) is 10.9 Å². The average molecular weight is 501 g/mol. The molecular formula is C31H40N4O2. The van der Waals surface area contributed by atoms with Crippen LogP contribution in [0.1, 0.15) is 41.5 Å². The van der Waals surface area contributed by atoms with Gasteiger partial charge in [-0.1, -0.05) is 60.7 Å². The smallest absolute Gasteiger partial charge is 0.224 e. The number of amides is 1. The lowest BCUT2D eigenvalue weighted by molar-refractivity contribution is -0.120. The van der Waals surface area contributed by atoms with Crippen molar-refractivity contribution in [3.05, 3.63) is 108 Å². The van der Waals surface area contributed by atoms with E-state index in [1.54, 1.807) is 20.0 Å². The number of nitrogens with zero attached hydrogens (tertiary/aromatic N) is 1. The van der Waals surface area contributed by atoms with Crippen molar-refractivity contribution in [2.24, 2.45) is 11.8 Å². The van der Waals surface area contributed by atoms with Gasteiger partial charge in [0.25, 0.3) is 0 Å². The quantitative estimate of drug-likeness (QED) is 0.243. The van der Waals surface area contributed by atoms with Crippen LogP contribution in [-0.4, -0.2) is 28.7 Å².